The maximum Gasteiger partial charge on any atom is 0.295 e. The van der Waals surface area contributed by atoms with E-state index >= 15 is 0 Å². The summed E-state index contributed by atoms with van der Waals surface area (Å²) in [6, 6.07) is 38.5. The number of rotatable bonds is 4. The van der Waals surface area contributed by atoms with Crippen LogP contribution >= 0.6 is 0 Å². The van der Waals surface area contributed by atoms with Crippen molar-refractivity contribution in [3.05, 3.63) is 171 Å². The van der Waals surface area contributed by atoms with Crippen LogP contribution in [0.5, 0.6) is 0 Å². The van der Waals surface area contributed by atoms with Crippen molar-refractivity contribution >= 4 is 46.1 Å². The summed E-state index contributed by atoms with van der Waals surface area (Å²) in [4.78, 5) is 5.35. The normalized spacial score (nSPS) is 20.5. The highest BCUT2D eigenvalue weighted by Gasteiger charge is 2.52. The molecule has 0 amide bonds. The Labute approximate surface area is 410 Å². The van der Waals surface area contributed by atoms with E-state index in [4.69, 9.17) is 4.74 Å². The lowest BCUT2D eigenvalue weighted by atomic mass is 9.34. The minimum Gasteiger partial charge on any atom is -0.505 e. The highest BCUT2D eigenvalue weighted by Crippen LogP contribution is 2.54. The molecular weight excluding hydrogens is 824 g/mol. The molecule has 0 fully saturated rings. The van der Waals surface area contributed by atoms with Crippen LogP contribution in [0.15, 0.2) is 132 Å². The fraction of sp³-hybridized carbons (Fsp3) is 0.438. The van der Waals surface area contributed by atoms with Crippen molar-refractivity contribution < 1.29 is 4.74 Å². The number of anilines is 5. The van der Waals surface area contributed by atoms with Crippen molar-refractivity contribution in [3.63, 3.8) is 0 Å². The van der Waals surface area contributed by atoms with Gasteiger partial charge in [0.05, 0.1) is 18.0 Å². The molecule has 3 heterocycles. The van der Waals surface area contributed by atoms with Crippen LogP contribution in [0.4, 0.5) is 28.4 Å². The average molecular weight is 901 g/mol. The first-order chi connectivity index (χ1) is 31.7. The molecule has 2 unspecified atom stereocenters. The molecule has 0 radical (unpaired) electrons. The third-order valence-electron chi connectivity index (χ3n) is 16.4. The second-order valence-corrected chi connectivity index (χ2v) is 26.6. The van der Waals surface area contributed by atoms with Crippen molar-refractivity contribution in [2.75, 3.05) is 16.4 Å². The Bertz CT molecular complexity index is 2880. The van der Waals surface area contributed by atoms with Gasteiger partial charge < -0.3 is 14.5 Å². The van der Waals surface area contributed by atoms with E-state index in [1.807, 2.05) is 0 Å². The van der Waals surface area contributed by atoms with Gasteiger partial charge in [-0.1, -0.05) is 184 Å². The van der Waals surface area contributed by atoms with E-state index in [0.717, 1.165) is 24.9 Å². The van der Waals surface area contributed by atoms with Gasteiger partial charge in [-0.25, -0.2) is 0 Å². The third-order valence-corrected chi connectivity index (χ3v) is 16.4. The van der Waals surface area contributed by atoms with E-state index in [0.29, 0.717) is 6.61 Å². The Kier molecular flexibility index (Phi) is 10.7. The average Bonchev–Trinajstić information content (AvgIpc) is 3.26. The van der Waals surface area contributed by atoms with Gasteiger partial charge in [0.25, 0.3) is 6.71 Å². The van der Waals surface area contributed by atoms with Crippen LogP contribution in [-0.4, -0.2) is 13.3 Å². The molecule has 2 aliphatic carbocycles. The lowest BCUT2D eigenvalue weighted by Crippen LogP contribution is -2.59. The number of hydrogen-bond acceptors (Lipinski definition) is 3. The van der Waals surface area contributed by atoms with Crippen LogP contribution in [0.2, 0.25) is 0 Å². The van der Waals surface area contributed by atoms with Crippen LogP contribution in [0.1, 0.15) is 163 Å². The molecule has 68 heavy (non-hydrogen) atoms. The van der Waals surface area contributed by atoms with Crippen LogP contribution in [0.25, 0.3) is 0 Å². The fourth-order valence-corrected chi connectivity index (χ4v) is 11.9. The molecule has 10 rings (SSSR count). The van der Waals surface area contributed by atoms with E-state index in [1.54, 1.807) is 0 Å². The first kappa shape index (κ1) is 46.5. The van der Waals surface area contributed by atoms with Gasteiger partial charge in [0, 0.05) is 40.3 Å². The van der Waals surface area contributed by atoms with Crippen molar-refractivity contribution in [2.45, 2.75) is 157 Å². The molecular formula is C64H77BN2O. The van der Waals surface area contributed by atoms with Gasteiger partial charge in [0.15, 0.2) is 0 Å². The molecule has 4 heteroatoms. The smallest absolute Gasteiger partial charge is 0.295 e. The summed E-state index contributed by atoms with van der Waals surface area (Å²) in [5.41, 5.74) is 22.3. The maximum absolute atomic E-state index is 7.48. The lowest BCUT2D eigenvalue weighted by molar-refractivity contribution is 0.157. The SMILES string of the molecule is CC(C)(C)C1=CC2C3=C(OCC2C=C1)B1c2cc4c(cc2N(c2cc(C(C)(C)C)cc(C(C)(C)C)c2)c2cc(Cc5ccccc5)cc(c21)N3c1ccc(C(C)(C)C)cc1)C(C)(C)CCC4(C)C. The summed E-state index contributed by atoms with van der Waals surface area (Å²) < 4.78 is 7.48. The van der Waals surface area contributed by atoms with E-state index in [1.165, 1.54) is 89.6 Å². The second-order valence-electron chi connectivity index (χ2n) is 26.6. The topological polar surface area (TPSA) is 15.7 Å². The number of ether oxygens (including phenoxy) is 1. The molecule has 0 aromatic heterocycles. The number of allylic oxidation sites excluding steroid dienone is 3. The van der Waals surface area contributed by atoms with Gasteiger partial charge in [-0.15, -0.1) is 0 Å². The number of fused-ring (bicyclic) bond motifs is 6. The summed E-state index contributed by atoms with van der Waals surface area (Å²) >= 11 is 0. The molecule has 0 spiro atoms. The number of benzene rings is 5. The molecule has 2 atom stereocenters. The molecule has 3 aliphatic heterocycles. The zero-order valence-electron chi connectivity index (χ0n) is 44.3. The predicted octanol–water partition coefficient (Wildman–Crippen LogP) is 15.6. The van der Waals surface area contributed by atoms with Crippen LogP contribution < -0.4 is 20.7 Å². The summed E-state index contributed by atoms with van der Waals surface area (Å²) in [5.74, 6) is 0.366. The van der Waals surface area contributed by atoms with Crippen molar-refractivity contribution in [3.8, 4) is 0 Å². The fourth-order valence-electron chi connectivity index (χ4n) is 11.9. The number of hydrogen-bond donors (Lipinski definition) is 0. The van der Waals surface area contributed by atoms with Gasteiger partial charge >= 0.3 is 0 Å². The molecule has 3 nitrogen and oxygen atoms in total. The molecule has 0 N–H and O–H groups in total. The van der Waals surface area contributed by atoms with Crippen LogP contribution in [0.3, 0.4) is 0 Å². The molecule has 0 saturated heterocycles. The quantitative estimate of drug-likeness (QED) is 0.167. The molecule has 5 aliphatic rings. The van der Waals surface area contributed by atoms with Gasteiger partial charge in [0.2, 0.25) is 0 Å². The predicted molar refractivity (Wildman–Crippen MR) is 292 cm³/mol. The highest BCUT2D eigenvalue weighted by molar-refractivity contribution is 6.94. The summed E-state index contributed by atoms with van der Waals surface area (Å²) in [6.07, 6.45) is 10.6. The van der Waals surface area contributed by atoms with Crippen molar-refractivity contribution in [1.29, 1.82) is 0 Å². The Hall–Kier alpha value is -5.22. The lowest BCUT2D eigenvalue weighted by Gasteiger charge is -2.50. The van der Waals surface area contributed by atoms with Gasteiger partial charge in [-0.3, -0.25) is 0 Å². The van der Waals surface area contributed by atoms with Gasteiger partial charge in [-0.2, -0.15) is 0 Å². The standard InChI is InChI=1S/C64H77BN2O/c1-59(2,3)43-24-26-47(27-25-43)67-55-32-41(30-40-20-18-17-19-21-40)31-54-56(55)65(58-57(67)49-36-44(60(4,5)6)23-22-42(49)39-68-58)52-37-50-51(64(15,16)29-28-63(50,13)14)38-53(52)66(54)48-34-45(61(7,8)9)33-46(35-48)62(10,11)12/h17-27,31-38,42,49H,28-30,39H2,1-16H3. The zero-order valence-corrected chi connectivity index (χ0v) is 44.3. The van der Waals surface area contributed by atoms with Crippen LogP contribution in [0, 0.1) is 17.3 Å². The van der Waals surface area contributed by atoms with E-state index in [2.05, 4.69) is 236 Å². The zero-order chi connectivity index (χ0) is 48.7. The number of nitrogens with zero attached hydrogens (tertiary/aromatic N) is 2. The second kappa shape index (κ2) is 15.6. The van der Waals surface area contributed by atoms with E-state index in [9.17, 15) is 0 Å². The Balaban J connectivity index is 1.36. The summed E-state index contributed by atoms with van der Waals surface area (Å²) in [7, 11) is 0. The van der Waals surface area contributed by atoms with Crippen molar-refractivity contribution in [2.24, 2.45) is 17.3 Å². The highest BCUT2D eigenvalue weighted by atomic mass is 16.5. The summed E-state index contributed by atoms with van der Waals surface area (Å²) in [6.45, 7) is 38.7. The maximum atomic E-state index is 7.48. The third kappa shape index (κ3) is 7.90. The Morgan fingerprint density at radius 3 is 1.72 bits per heavy atom. The largest absolute Gasteiger partial charge is 0.505 e. The van der Waals surface area contributed by atoms with Crippen LogP contribution in [-0.2, 0) is 38.2 Å². The van der Waals surface area contributed by atoms with E-state index in [-0.39, 0.29) is 51.0 Å². The van der Waals surface area contributed by atoms with Gasteiger partial charge in [-0.05, 0) is 150 Å². The molecule has 5 aromatic carbocycles. The monoisotopic (exact) mass is 901 g/mol. The summed E-state index contributed by atoms with van der Waals surface area (Å²) in [5, 5.41) is 0. The molecule has 0 saturated carbocycles. The Morgan fingerprint density at radius 1 is 0.574 bits per heavy atom. The van der Waals surface area contributed by atoms with Crippen molar-refractivity contribution in [1.82, 2.24) is 0 Å². The first-order valence-corrected chi connectivity index (χ1v) is 25.7. The molecule has 0 bridgehead atoms. The molecule has 5 aromatic rings. The van der Waals surface area contributed by atoms with Gasteiger partial charge in [0.1, 0.15) is 0 Å². The molecule has 352 valence electrons. The minimum atomic E-state index is -0.0884. The Morgan fingerprint density at radius 2 is 1.15 bits per heavy atom. The van der Waals surface area contributed by atoms with E-state index < -0.39 is 0 Å². The minimum absolute atomic E-state index is 0.00513. The first-order valence-electron chi connectivity index (χ1n) is 25.7.